The Morgan fingerprint density at radius 3 is 2.46 bits per heavy atom. The van der Waals surface area contributed by atoms with Crippen molar-refractivity contribution in [2.45, 2.75) is 44.8 Å². The summed E-state index contributed by atoms with van der Waals surface area (Å²) in [7, 11) is -1.95. The summed E-state index contributed by atoms with van der Waals surface area (Å²) in [6.45, 7) is 4.00. The van der Waals surface area contributed by atoms with E-state index in [4.69, 9.17) is 4.65 Å². The SMILES string of the molecule is Cc1ccc(C[C@H](NC(=O)C2(c3ccccc3)CC2)OB(O)O)c(C)c1. The minimum Gasteiger partial charge on any atom is -0.402 e. The van der Waals surface area contributed by atoms with E-state index in [2.05, 4.69) is 11.4 Å². The van der Waals surface area contributed by atoms with Crippen molar-refractivity contribution >= 4 is 13.2 Å². The van der Waals surface area contributed by atoms with Gasteiger partial charge in [-0.25, -0.2) is 0 Å². The van der Waals surface area contributed by atoms with Gasteiger partial charge >= 0.3 is 7.32 Å². The van der Waals surface area contributed by atoms with Crippen LogP contribution in [0.15, 0.2) is 48.5 Å². The fourth-order valence-electron chi connectivity index (χ4n) is 3.37. The molecule has 1 amide bonds. The van der Waals surface area contributed by atoms with Crippen molar-refractivity contribution in [3.05, 3.63) is 70.8 Å². The van der Waals surface area contributed by atoms with Crippen LogP contribution >= 0.6 is 0 Å². The van der Waals surface area contributed by atoms with Gasteiger partial charge in [-0.2, -0.15) is 0 Å². The molecule has 1 atom stereocenters. The summed E-state index contributed by atoms with van der Waals surface area (Å²) in [6, 6.07) is 15.7. The lowest BCUT2D eigenvalue weighted by molar-refractivity contribution is -0.126. The molecule has 0 aromatic heterocycles. The Bertz CT molecular complexity index is 775. The summed E-state index contributed by atoms with van der Waals surface area (Å²) in [5.41, 5.74) is 3.66. The summed E-state index contributed by atoms with van der Waals surface area (Å²) >= 11 is 0. The minimum atomic E-state index is -1.95. The average molecular weight is 353 g/mol. The molecule has 6 heteroatoms. The number of rotatable bonds is 7. The zero-order valence-electron chi connectivity index (χ0n) is 15.1. The van der Waals surface area contributed by atoms with E-state index in [0.717, 1.165) is 35.1 Å². The Balaban J connectivity index is 1.75. The molecule has 2 aromatic carbocycles. The van der Waals surface area contributed by atoms with Gasteiger partial charge in [-0.05, 0) is 43.4 Å². The van der Waals surface area contributed by atoms with E-state index in [9.17, 15) is 14.8 Å². The van der Waals surface area contributed by atoms with Gasteiger partial charge in [0, 0.05) is 6.42 Å². The summed E-state index contributed by atoms with van der Waals surface area (Å²) < 4.78 is 5.15. The van der Waals surface area contributed by atoms with Gasteiger partial charge in [0.25, 0.3) is 0 Å². The highest BCUT2D eigenvalue weighted by atomic mass is 16.6. The number of hydrogen-bond acceptors (Lipinski definition) is 4. The van der Waals surface area contributed by atoms with Crippen LogP contribution < -0.4 is 5.32 Å². The van der Waals surface area contributed by atoms with Gasteiger partial charge in [-0.15, -0.1) is 0 Å². The third-order valence-corrected chi connectivity index (χ3v) is 4.99. The van der Waals surface area contributed by atoms with E-state index in [1.54, 1.807) is 0 Å². The molecule has 1 saturated carbocycles. The van der Waals surface area contributed by atoms with Crippen molar-refractivity contribution < 1.29 is 19.5 Å². The Hall–Kier alpha value is -2.15. The van der Waals surface area contributed by atoms with Gasteiger partial charge in [0.15, 0.2) is 0 Å². The topological polar surface area (TPSA) is 78.8 Å². The maximum Gasteiger partial charge on any atom is 0.635 e. The van der Waals surface area contributed by atoms with Gasteiger partial charge in [0.05, 0.1) is 5.41 Å². The van der Waals surface area contributed by atoms with E-state index in [1.807, 2.05) is 56.3 Å². The first kappa shape index (κ1) is 18.6. The van der Waals surface area contributed by atoms with Crippen LogP contribution in [0.1, 0.15) is 35.1 Å². The molecule has 0 heterocycles. The summed E-state index contributed by atoms with van der Waals surface area (Å²) in [5, 5.41) is 21.3. The van der Waals surface area contributed by atoms with E-state index < -0.39 is 19.0 Å². The Morgan fingerprint density at radius 2 is 1.88 bits per heavy atom. The van der Waals surface area contributed by atoms with Crippen molar-refractivity contribution in [2.75, 3.05) is 0 Å². The van der Waals surface area contributed by atoms with Crippen LogP contribution in [0.4, 0.5) is 0 Å². The molecule has 1 fully saturated rings. The number of carbonyl (C=O) groups excluding carboxylic acids is 1. The van der Waals surface area contributed by atoms with Gasteiger partial charge < -0.3 is 20.0 Å². The van der Waals surface area contributed by atoms with Gasteiger partial charge in [0.1, 0.15) is 6.23 Å². The molecule has 136 valence electrons. The monoisotopic (exact) mass is 353 g/mol. The summed E-state index contributed by atoms with van der Waals surface area (Å²) in [5.74, 6) is -0.140. The second-order valence-electron chi connectivity index (χ2n) is 7.01. The van der Waals surface area contributed by atoms with E-state index in [1.165, 1.54) is 0 Å². The lowest BCUT2D eigenvalue weighted by Crippen LogP contribution is -2.46. The second kappa shape index (κ2) is 7.62. The highest BCUT2D eigenvalue weighted by Crippen LogP contribution is 2.48. The molecule has 3 N–H and O–H groups in total. The summed E-state index contributed by atoms with van der Waals surface area (Å²) in [4.78, 5) is 12.9. The Kier molecular flexibility index (Phi) is 5.46. The third kappa shape index (κ3) is 4.15. The number of carbonyl (C=O) groups is 1. The molecule has 5 nitrogen and oxygen atoms in total. The number of amides is 1. The quantitative estimate of drug-likeness (QED) is 0.526. The van der Waals surface area contributed by atoms with Crippen LogP contribution in [0.3, 0.4) is 0 Å². The van der Waals surface area contributed by atoms with Crippen molar-refractivity contribution in [1.82, 2.24) is 5.32 Å². The van der Waals surface area contributed by atoms with E-state index in [-0.39, 0.29) is 5.91 Å². The number of hydrogen-bond donors (Lipinski definition) is 3. The van der Waals surface area contributed by atoms with Crippen LogP contribution in [0.2, 0.25) is 0 Å². The zero-order valence-corrected chi connectivity index (χ0v) is 15.1. The molecular weight excluding hydrogens is 329 g/mol. The predicted octanol–water partition coefficient (Wildman–Crippen LogP) is 2.01. The lowest BCUT2D eigenvalue weighted by Gasteiger charge is -2.24. The first-order chi connectivity index (χ1) is 12.4. The maximum atomic E-state index is 12.9. The normalized spacial score (nSPS) is 16.0. The Morgan fingerprint density at radius 1 is 1.19 bits per heavy atom. The fraction of sp³-hybridized carbons (Fsp3) is 0.350. The molecule has 0 radical (unpaired) electrons. The van der Waals surface area contributed by atoms with Gasteiger partial charge in [0.2, 0.25) is 5.91 Å². The smallest absolute Gasteiger partial charge is 0.402 e. The highest BCUT2D eigenvalue weighted by molar-refractivity contribution is 6.32. The molecule has 1 aliphatic rings. The molecule has 0 saturated heterocycles. The molecule has 3 rings (SSSR count). The Labute approximate surface area is 154 Å². The predicted molar refractivity (Wildman–Crippen MR) is 100 cm³/mol. The molecule has 1 aliphatic carbocycles. The minimum absolute atomic E-state index is 0.140. The van der Waals surface area contributed by atoms with Crippen molar-refractivity contribution in [1.29, 1.82) is 0 Å². The summed E-state index contributed by atoms with van der Waals surface area (Å²) in [6.07, 6.45) is 1.10. The van der Waals surface area contributed by atoms with Gasteiger partial charge in [-0.3, -0.25) is 4.79 Å². The molecule has 0 aliphatic heterocycles. The highest BCUT2D eigenvalue weighted by Gasteiger charge is 2.51. The number of benzene rings is 2. The molecule has 26 heavy (non-hydrogen) atoms. The molecule has 0 unspecified atom stereocenters. The van der Waals surface area contributed by atoms with Crippen LogP contribution in [-0.2, 0) is 21.3 Å². The third-order valence-electron chi connectivity index (χ3n) is 4.99. The van der Waals surface area contributed by atoms with Crippen molar-refractivity contribution in [3.63, 3.8) is 0 Å². The first-order valence-corrected chi connectivity index (χ1v) is 8.85. The molecule has 2 aromatic rings. The molecule has 0 spiro atoms. The average Bonchev–Trinajstić information content (AvgIpc) is 3.39. The van der Waals surface area contributed by atoms with Crippen LogP contribution in [-0.4, -0.2) is 29.5 Å². The van der Waals surface area contributed by atoms with Crippen LogP contribution in [0, 0.1) is 13.8 Å². The number of nitrogens with one attached hydrogen (secondary N) is 1. The maximum absolute atomic E-state index is 12.9. The van der Waals surface area contributed by atoms with Crippen LogP contribution in [0.25, 0.3) is 0 Å². The molecule has 0 bridgehead atoms. The number of aryl methyl sites for hydroxylation is 2. The van der Waals surface area contributed by atoms with E-state index in [0.29, 0.717) is 6.42 Å². The van der Waals surface area contributed by atoms with Crippen molar-refractivity contribution in [3.8, 4) is 0 Å². The fourth-order valence-corrected chi connectivity index (χ4v) is 3.37. The first-order valence-electron chi connectivity index (χ1n) is 8.85. The zero-order chi connectivity index (χ0) is 18.7. The second-order valence-corrected chi connectivity index (χ2v) is 7.01. The largest absolute Gasteiger partial charge is 0.635 e. The van der Waals surface area contributed by atoms with Crippen molar-refractivity contribution in [2.24, 2.45) is 0 Å². The van der Waals surface area contributed by atoms with E-state index >= 15 is 0 Å². The molecular formula is C20H24BNO4. The standard InChI is InChI=1S/C20H24BNO4/c1-14-8-9-16(15(2)12-14)13-18(26-21(24)25)22-19(23)20(10-11-20)17-6-4-3-5-7-17/h3-9,12,18,24-25H,10-11,13H2,1-2H3,(H,22,23)/t18-/m1/s1. The lowest BCUT2D eigenvalue weighted by atomic mass is 9.94. The van der Waals surface area contributed by atoms with Crippen LogP contribution in [0.5, 0.6) is 0 Å². The van der Waals surface area contributed by atoms with Gasteiger partial charge in [-0.1, -0.05) is 54.1 Å².